The SMILES string of the molecule is CC(N)c1ccc2nc(-c3ccccc3)n(O)c2c1. The number of nitrogens with zero attached hydrogens (tertiary/aromatic N) is 2. The van der Waals surface area contributed by atoms with E-state index in [0.717, 1.165) is 21.4 Å². The van der Waals surface area contributed by atoms with Gasteiger partial charge in [-0.3, -0.25) is 0 Å². The van der Waals surface area contributed by atoms with Crippen molar-refractivity contribution < 1.29 is 5.21 Å². The Kier molecular flexibility index (Phi) is 2.72. The number of nitrogens with two attached hydrogens (primary N) is 1. The van der Waals surface area contributed by atoms with Crippen molar-refractivity contribution in [2.45, 2.75) is 13.0 Å². The van der Waals surface area contributed by atoms with Gasteiger partial charge in [0.05, 0.1) is 5.52 Å². The van der Waals surface area contributed by atoms with Crippen molar-refractivity contribution in [1.29, 1.82) is 0 Å². The number of imidazole rings is 1. The molecule has 1 heterocycles. The molecular weight excluding hydrogens is 238 g/mol. The monoisotopic (exact) mass is 253 g/mol. The van der Waals surface area contributed by atoms with Gasteiger partial charge in [0.15, 0.2) is 5.82 Å². The van der Waals surface area contributed by atoms with Gasteiger partial charge < -0.3 is 10.9 Å². The summed E-state index contributed by atoms with van der Waals surface area (Å²) in [6.07, 6.45) is 0. The maximum atomic E-state index is 10.3. The van der Waals surface area contributed by atoms with Crippen LogP contribution in [0.15, 0.2) is 48.5 Å². The highest BCUT2D eigenvalue weighted by Gasteiger charge is 2.12. The largest absolute Gasteiger partial charge is 0.426 e. The summed E-state index contributed by atoms with van der Waals surface area (Å²) in [6, 6.07) is 15.2. The smallest absolute Gasteiger partial charge is 0.176 e. The second kappa shape index (κ2) is 4.40. The Bertz CT molecular complexity index is 717. The van der Waals surface area contributed by atoms with Crippen LogP contribution < -0.4 is 5.73 Å². The molecule has 4 nitrogen and oxygen atoms in total. The number of aromatic nitrogens is 2. The van der Waals surface area contributed by atoms with E-state index in [9.17, 15) is 5.21 Å². The van der Waals surface area contributed by atoms with E-state index in [2.05, 4.69) is 4.98 Å². The molecule has 0 amide bonds. The van der Waals surface area contributed by atoms with Crippen LogP contribution in [0.5, 0.6) is 0 Å². The molecule has 4 heteroatoms. The van der Waals surface area contributed by atoms with Crippen LogP contribution in [0, 0.1) is 0 Å². The van der Waals surface area contributed by atoms with Crippen LogP contribution in [0.2, 0.25) is 0 Å². The van der Waals surface area contributed by atoms with Gasteiger partial charge in [-0.05, 0) is 24.6 Å². The third kappa shape index (κ3) is 1.96. The Balaban J connectivity index is 2.21. The van der Waals surface area contributed by atoms with Crippen LogP contribution in [0.25, 0.3) is 22.4 Å². The van der Waals surface area contributed by atoms with Crippen LogP contribution >= 0.6 is 0 Å². The van der Waals surface area contributed by atoms with Crippen LogP contribution in [-0.4, -0.2) is 14.9 Å². The minimum Gasteiger partial charge on any atom is -0.426 e. The molecule has 0 fully saturated rings. The first-order valence-electron chi connectivity index (χ1n) is 6.19. The van der Waals surface area contributed by atoms with Crippen LogP contribution in [0.1, 0.15) is 18.5 Å². The van der Waals surface area contributed by atoms with E-state index in [1.807, 2.05) is 55.5 Å². The second-order valence-corrected chi connectivity index (χ2v) is 4.65. The Morgan fingerprint density at radius 3 is 2.58 bits per heavy atom. The summed E-state index contributed by atoms with van der Waals surface area (Å²) < 4.78 is 1.12. The van der Waals surface area contributed by atoms with Crippen molar-refractivity contribution in [2.24, 2.45) is 5.73 Å². The summed E-state index contributed by atoms with van der Waals surface area (Å²) in [4.78, 5) is 4.46. The molecule has 0 saturated carbocycles. The van der Waals surface area contributed by atoms with E-state index in [0.29, 0.717) is 11.3 Å². The Labute approximate surface area is 111 Å². The minimum absolute atomic E-state index is 0.0699. The molecule has 0 saturated heterocycles. The lowest BCUT2D eigenvalue weighted by molar-refractivity contribution is 0.203. The van der Waals surface area contributed by atoms with Crippen molar-refractivity contribution in [2.75, 3.05) is 0 Å². The molecule has 3 rings (SSSR count). The number of hydrogen-bond acceptors (Lipinski definition) is 3. The molecule has 0 aliphatic carbocycles. The summed E-state index contributed by atoms with van der Waals surface area (Å²) in [5.74, 6) is 0.539. The fourth-order valence-electron chi connectivity index (χ4n) is 2.14. The lowest BCUT2D eigenvalue weighted by atomic mass is 10.1. The Morgan fingerprint density at radius 2 is 1.89 bits per heavy atom. The highest BCUT2D eigenvalue weighted by Crippen LogP contribution is 2.25. The molecule has 1 aromatic heterocycles. The third-order valence-electron chi connectivity index (χ3n) is 3.21. The van der Waals surface area contributed by atoms with Crippen molar-refractivity contribution in [3.05, 3.63) is 54.1 Å². The van der Waals surface area contributed by atoms with Crippen molar-refractivity contribution >= 4 is 11.0 Å². The van der Waals surface area contributed by atoms with Crippen LogP contribution in [0.4, 0.5) is 0 Å². The van der Waals surface area contributed by atoms with Gasteiger partial charge in [-0.2, -0.15) is 4.73 Å². The third-order valence-corrected chi connectivity index (χ3v) is 3.21. The van der Waals surface area contributed by atoms with Gasteiger partial charge in [-0.15, -0.1) is 0 Å². The zero-order chi connectivity index (χ0) is 13.4. The fourth-order valence-corrected chi connectivity index (χ4v) is 2.14. The molecule has 3 aromatic rings. The lowest BCUT2D eigenvalue weighted by Crippen LogP contribution is -2.04. The van der Waals surface area contributed by atoms with E-state index >= 15 is 0 Å². The Hall–Kier alpha value is -2.33. The zero-order valence-electron chi connectivity index (χ0n) is 10.6. The standard InChI is InChI=1S/C15H15N3O/c1-10(16)12-7-8-13-14(9-12)18(19)15(17-13)11-5-3-2-4-6-11/h2-10,19H,16H2,1H3. The van der Waals surface area contributed by atoms with E-state index in [-0.39, 0.29) is 6.04 Å². The fraction of sp³-hybridized carbons (Fsp3) is 0.133. The van der Waals surface area contributed by atoms with E-state index in [1.54, 1.807) is 0 Å². The lowest BCUT2D eigenvalue weighted by Gasteiger charge is -2.05. The molecular formula is C15H15N3O. The van der Waals surface area contributed by atoms with E-state index < -0.39 is 0 Å². The van der Waals surface area contributed by atoms with Crippen LogP contribution in [0.3, 0.4) is 0 Å². The van der Waals surface area contributed by atoms with Crippen molar-refractivity contribution in [3.63, 3.8) is 0 Å². The van der Waals surface area contributed by atoms with Crippen LogP contribution in [-0.2, 0) is 0 Å². The highest BCUT2D eigenvalue weighted by atomic mass is 16.5. The summed E-state index contributed by atoms with van der Waals surface area (Å²) in [5.41, 5.74) is 9.14. The van der Waals surface area contributed by atoms with E-state index in [1.165, 1.54) is 0 Å². The number of rotatable bonds is 2. The molecule has 3 N–H and O–H groups in total. The highest BCUT2D eigenvalue weighted by molar-refractivity contribution is 5.80. The van der Waals surface area contributed by atoms with Gasteiger partial charge in [0.2, 0.25) is 0 Å². The molecule has 0 bridgehead atoms. The predicted molar refractivity (Wildman–Crippen MR) is 75.0 cm³/mol. The maximum absolute atomic E-state index is 10.3. The summed E-state index contributed by atoms with van der Waals surface area (Å²) in [5, 5.41) is 10.3. The summed E-state index contributed by atoms with van der Waals surface area (Å²) >= 11 is 0. The molecule has 0 aliphatic heterocycles. The average molecular weight is 253 g/mol. The van der Waals surface area contributed by atoms with Crippen molar-refractivity contribution in [1.82, 2.24) is 9.71 Å². The molecule has 1 atom stereocenters. The Morgan fingerprint density at radius 1 is 1.16 bits per heavy atom. The molecule has 1 unspecified atom stereocenters. The molecule has 96 valence electrons. The van der Waals surface area contributed by atoms with E-state index in [4.69, 9.17) is 5.73 Å². The minimum atomic E-state index is -0.0699. The summed E-state index contributed by atoms with van der Waals surface area (Å²) in [6.45, 7) is 1.91. The first-order valence-corrected chi connectivity index (χ1v) is 6.19. The van der Waals surface area contributed by atoms with Gasteiger partial charge in [-0.25, -0.2) is 4.98 Å². The number of hydrogen-bond donors (Lipinski definition) is 2. The first kappa shape index (κ1) is 11.7. The molecule has 0 spiro atoms. The molecule has 19 heavy (non-hydrogen) atoms. The van der Waals surface area contributed by atoms with Crippen molar-refractivity contribution in [3.8, 4) is 11.4 Å². The van der Waals surface area contributed by atoms with Gasteiger partial charge in [0, 0.05) is 11.6 Å². The molecule has 2 aromatic carbocycles. The number of fused-ring (bicyclic) bond motifs is 1. The molecule has 0 aliphatic rings. The predicted octanol–water partition coefficient (Wildman–Crippen LogP) is 2.96. The normalized spacial score (nSPS) is 12.7. The quantitative estimate of drug-likeness (QED) is 0.690. The topological polar surface area (TPSA) is 64.1 Å². The van der Waals surface area contributed by atoms with Gasteiger partial charge in [-0.1, -0.05) is 36.4 Å². The average Bonchev–Trinajstić information content (AvgIpc) is 2.77. The summed E-state index contributed by atoms with van der Waals surface area (Å²) in [7, 11) is 0. The van der Waals surface area contributed by atoms with Gasteiger partial charge >= 0.3 is 0 Å². The second-order valence-electron chi connectivity index (χ2n) is 4.65. The number of benzene rings is 2. The molecule has 0 radical (unpaired) electrons. The zero-order valence-corrected chi connectivity index (χ0v) is 10.6. The first-order chi connectivity index (χ1) is 9.16. The maximum Gasteiger partial charge on any atom is 0.176 e. The van der Waals surface area contributed by atoms with Gasteiger partial charge in [0.1, 0.15) is 5.52 Å². The van der Waals surface area contributed by atoms with Gasteiger partial charge in [0.25, 0.3) is 0 Å².